The van der Waals surface area contributed by atoms with E-state index < -0.39 is 24.5 Å². The maximum absolute atomic E-state index is 12.5. The lowest BCUT2D eigenvalue weighted by Crippen LogP contribution is -2.30. The fourth-order valence-corrected chi connectivity index (χ4v) is 2.67. The zero-order valence-electron chi connectivity index (χ0n) is 13.7. The minimum Gasteiger partial charge on any atom is -0.469 e. The molecule has 2 rings (SSSR count). The van der Waals surface area contributed by atoms with Crippen molar-refractivity contribution in [2.45, 2.75) is 19.1 Å². The third kappa shape index (κ3) is 5.80. The van der Waals surface area contributed by atoms with Gasteiger partial charge in [-0.1, -0.05) is 28.1 Å². The average Bonchev–Trinajstić information content (AvgIpc) is 2.61. The molecule has 1 amide bonds. The van der Waals surface area contributed by atoms with E-state index in [1.54, 1.807) is 18.2 Å². The molecule has 0 heterocycles. The van der Waals surface area contributed by atoms with E-state index in [9.17, 15) is 18.4 Å². The maximum atomic E-state index is 12.5. The molecule has 138 valence electrons. The molecule has 0 aromatic heterocycles. The molecule has 0 spiro atoms. The van der Waals surface area contributed by atoms with Gasteiger partial charge in [0.1, 0.15) is 5.75 Å². The summed E-state index contributed by atoms with van der Waals surface area (Å²) >= 11 is 3.35. The van der Waals surface area contributed by atoms with Crippen molar-refractivity contribution in [3.05, 3.63) is 64.1 Å². The van der Waals surface area contributed by atoms with Crippen LogP contribution in [0.1, 0.15) is 28.4 Å². The number of esters is 1. The lowest BCUT2D eigenvalue weighted by atomic mass is 10.0. The first kappa shape index (κ1) is 19.8. The summed E-state index contributed by atoms with van der Waals surface area (Å²) in [6.07, 6.45) is -0.0503. The molecule has 0 saturated heterocycles. The largest absolute Gasteiger partial charge is 0.469 e. The van der Waals surface area contributed by atoms with E-state index in [2.05, 4.69) is 30.7 Å². The van der Waals surface area contributed by atoms with Crippen LogP contribution in [0.15, 0.2) is 53.0 Å². The Labute approximate surface area is 157 Å². The highest BCUT2D eigenvalue weighted by atomic mass is 79.9. The molecule has 0 fully saturated rings. The van der Waals surface area contributed by atoms with Crippen molar-refractivity contribution in [1.82, 2.24) is 5.32 Å². The fraction of sp³-hybridized carbons (Fsp3) is 0.222. The Morgan fingerprint density at radius 2 is 1.85 bits per heavy atom. The van der Waals surface area contributed by atoms with Crippen molar-refractivity contribution in [3.63, 3.8) is 0 Å². The predicted octanol–water partition coefficient (Wildman–Crippen LogP) is 4.08. The highest BCUT2D eigenvalue weighted by Crippen LogP contribution is 2.22. The molecule has 26 heavy (non-hydrogen) atoms. The van der Waals surface area contributed by atoms with Crippen LogP contribution in [0.4, 0.5) is 8.78 Å². The SMILES string of the molecule is COC(=O)C[C@@H](NC(=O)c1ccc(OC(F)F)cc1)c1cccc(Br)c1. The molecule has 2 aromatic rings. The van der Waals surface area contributed by atoms with Crippen LogP contribution in [-0.4, -0.2) is 25.6 Å². The van der Waals surface area contributed by atoms with Crippen LogP contribution >= 0.6 is 15.9 Å². The standard InChI is InChI=1S/C18H16BrF2NO4/c1-25-16(23)10-15(12-3-2-4-13(19)9-12)22-17(24)11-5-7-14(8-6-11)26-18(20)21/h2-9,15,18H,10H2,1H3,(H,22,24)/t15-/m1/s1. The number of halogens is 3. The Bertz CT molecular complexity index is 768. The molecule has 0 aliphatic rings. The smallest absolute Gasteiger partial charge is 0.387 e. The van der Waals surface area contributed by atoms with Gasteiger partial charge in [0.05, 0.1) is 19.6 Å². The number of benzene rings is 2. The number of amides is 1. The number of carbonyl (C=O) groups is 2. The predicted molar refractivity (Wildman–Crippen MR) is 94.1 cm³/mol. The van der Waals surface area contributed by atoms with Gasteiger partial charge in [0.2, 0.25) is 0 Å². The summed E-state index contributed by atoms with van der Waals surface area (Å²) in [6, 6.07) is 11.8. The molecule has 0 aliphatic carbocycles. The fourth-order valence-electron chi connectivity index (χ4n) is 2.25. The lowest BCUT2D eigenvalue weighted by molar-refractivity contribution is -0.141. The van der Waals surface area contributed by atoms with Crippen molar-refractivity contribution in [3.8, 4) is 5.75 Å². The second-order valence-corrected chi connectivity index (χ2v) is 6.18. The van der Waals surface area contributed by atoms with Crippen LogP contribution in [0.3, 0.4) is 0 Å². The van der Waals surface area contributed by atoms with Crippen LogP contribution in [0, 0.1) is 0 Å². The summed E-state index contributed by atoms with van der Waals surface area (Å²) in [5.41, 5.74) is 0.965. The van der Waals surface area contributed by atoms with Gasteiger partial charge in [-0.2, -0.15) is 8.78 Å². The van der Waals surface area contributed by atoms with Gasteiger partial charge in [-0.25, -0.2) is 0 Å². The third-order valence-electron chi connectivity index (χ3n) is 3.50. The van der Waals surface area contributed by atoms with E-state index in [1.807, 2.05) is 6.07 Å². The lowest BCUT2D eigenvalue weighted by Gasteiger charge is -2.18. The quantitative estimate of drug-likeness (QED) is 0.675. The van der Waals surface area contributed by atoms with Gasteiger partial charge in [-0.3, -0.25) is 9.59 Å². The zero-order chi connectivity index (χ0) is 19.1. The van der Waals surface area contributed by atoms with E-state index in [4.69, 9.17) is 0 Å². The molecule has 0 aliphatic heterocycles. The number of nitrogens with one attached hydrogen (secondary N) is 1. The van der Waals surface area contributed by atoms with Crippen molar-refractivity contribution in [2.24, 2.45) is 0 Å². The van der Waals surface area contributed by atoms with Crippen molar-refractivity contribution >= 4 is 27.8 Å². The molecule has 5 nitrogen and oxygen atoms in total. The summed E-state index contributed by atoms with van der Waals surface area (Å²) < 4.78 is 34.1. The van der Waals surface area contributed by atoms with Gasteiger partial charge in [-0.05, 0) is 42.0 Å². The van der Waals surface area contributed by atoms with Gasteiger partial charge in [0, 0.05) is 10.0 Å². The third-order valence-corrected chi connectivity index (χ3v) is 3.99. The van der Waals surface area contributed by atoms with Crippen LogP contribution in [0.25, 0.3) is 0 Å². The van der Waals surface area contributed by atoms with E-state index >= 15 is 0 Å². The van der Waals surface area contributed by atoms with Gasteiger partial charge in [0.25, 0.3) is 5.91 Å². The molecule has 0 bridgehead atoms. The Hall–Kier alpha value is -2.48. The average molecular weight is 428 g/mol. The van der Waals surface area contributed by atoms with Gasteiger partial charge >= 0.3 is 12.6 Å². The van der Waals surface area contributed by atoms with Crippen molar-refractivity contribution in [2.75, 3.05) is 7.11 Å². The highest BCUT2D eigenvalue weighted by Gasteiger charge is 2.20. The first-order valence-electron chi connectivity index (χ1n) is 7.57. The minimum atomic E-state index is -2.93. The van der Waals surface area contributed by atoms with E-state index in [0.29, 0.717) is 0 Å². The van der Waals surface area contributed by atoms with Crippen LogP contribution in [0.2, 0.25) is 0 Å². The second kappa shape index (κ2) is 9.28. The number of rotatable bonds is 7. The van der Waals surface area contributed by atoms with E-state index in [0.717, 1.165) is 10.0 Å². The number of hydrogen-bond donors (Lipinski definition) is 1. The number of hydrogen-bond acceptors (Lipinski definition) is 4. The number of carbonyl (C=O) groups excluding carboxylic acids is 2. The Morgan fingerprint density at radius 1 is 1.15 bits per heavy atom. The summed E-state index contributed by atoms with van der Waals surface area (Å²) in [6.45, 7) is -2.93. The van der Waals surface area contributed by atoms with Gasteiger partial charge in [-0.15, -0.1) is 0 Å². The summed E-state index contributed by atoms with van der Waals surface area (Å²) in [7, 11) is 1.27. The molecule has 1 atom stereocenters. The Kier molecular flexibility index (Phi) is 7.08. The maximum Gasteiger partial charge on any atom is 0.387 e. The van der Waals surface area contributed by atoms with E-state index in [-0.39, 0.29) is 17.7 Å². The molecule has 0 unspecified atom stereocenters. The number of alkyl halides is 2. The molecule has 8 heteroatoms. The topological polar surface area (TPSA) is 64.6 Å². The monoisotopic (exact) mass is 427 g/mol. The minimum absolute atomic E-state index is 0.0466. The number of ether oxygens (including phenoxy) is 2. The first-order chi connectivity index (χ1) is 12.4. The highest BCUT2D eigenvalue weighted by molar-refractivity contribution is 9.10. The van der Waals surface area contributed by atoms with E-state index in [1.165, 1.54) is 31.4 Å². The van der Waals surface area contributed by atoms with Crippen molar-refractivity contribution < 1.29 is 27.8 Å². The Balaban J connectivity index is 2.16. The summed E-state index contributed by atoms with van der Waals surface area (Å²) in [5.74, 6) is -0.979. The molecule has 0 radical (unpaired) electrons. The molecule has 2 aromatic carbocycles. The summed E-state index contributed by atoms with van der Waals surface area (Å²) in [4.78, 5) is 24.1. The summed E-state index contributed by atoms with van der Waals surface area (Å²) in [5, 5.41) is 2.75. The molecule has 1 N–H and O–H groups in total. The molecule has 0 saturated carbocycles. The number of methoxy groups -OCH3 is 1. The molecular weight excluding hydrogens is 412 g/mol. The second-order valence-electron chi connectivity index (χ2n) is 5.26. The van der Waals surface area contributed by atoms with Crippen LogP contribution in [-0.2, 0) is 9.53 Å². The molecular formula is C18H16BrF2NO4. The van der Waals surface area contributed by atoms with Gasteiger partial charge < -0.3 is 14.8 Å². The zero-order valence-corrected chi connectivity index (χ0v) is 15.3. The van der Waals surface area contributed by atoms with Crippen LogP contribution in [0.5, 0.6) is 5.75 Å². The Morgan fingerprint density at radius 3 is 2.42 bits per heavy atom. The van der Waals surface area contributed by atoms with Crippen LogP contribution < -0.4 is 10.1 Å². The van der Waals surface area contributed by atoms with Gasteiger partial charge in [0.15, 0.2) is 0 Å². The van der Waals surface area contributed by atoms with Crippen molar-refractivity contribution in [1.29, 1.82) is 0 Å². The normalized spacial score (nSPS) is 11.7. The first-order valence-corrected chi connectivity index (χ1v) is 8.36.